The van der Waals surface area contributed by atoms with Crippen LogP contribution in [0.25, 0.3) is 0 Å². The van der Waals surface area contributed by atoms with Crippen molar-refractivity contribution >= 4 is 11.9 Å². The van der Waals surface area contributed by atoms with Crippen LogP contribution in [0.5, 0.6) is 5.75 Å². The summed E-state index contributed by atoms with van der Waals surface area (Å²) >= 11 is 0. The summed E-state index contributed by atoms with van der Waals surface area (Å²) in [5, 5.41) is 10.1. The fourth-order valence-electron chi connectivity index (χ4n) is 6.43. The van der Waals surface area contributed by atoms with Gasteiger partial charge in [-0.05, 0) is 88.8 Å². The number of aromatic nitrogens is 1. The second kappa shape index (κ2) is 11.9. The Labute approximate surface area is 226 Å². The molecule has 2 fully saturated rings. The number of rotatable bonds is 8. The van der Waals surface area contributed by atoms with E-state index < -0.39 is 12.0 Å². The average molecular weight is 520 g/mol. The molecule has 1 aromatic carbocycles. The van der Waals surface area contributed by atoms with Gasteiger partial charge in [0.15, 0.2) is 0 Å². The molecule has 2 aliphatic heterocycles. The number of carboxylic acids is 1. The highest BCUT2D eigenvalue weighted by Crippen LogP contribution is 2.35. The zero-order valence-electron chi connectivity index (χ0n) is 22.8. The monoisotopic (exact) mass is 519 g/mol. The number of para-hydroxylation sites is 1. The van der Waals surface area contributed by atoms with E-state index in [4.69, 9.17) is 9.72 Å². The first-order chi connectivity index (χ1) is 18.4. The van der Waals surface area contributed by atoms with E-state index in [1.54, 1.807) is 0 Å². The third-order valence-electron chi connectivity index (χ3n) is 8.40. The molecule has 1 aliphatic carbocycles. The normalized spacial score (nSPS) is 21.3. The number of hydrogen-bond donors (Lipinski definition) is 1. The van der Waals surface area contributed by atoms with Crippen LogP contribution in [0, 0.1) is 11.8 Å². The van der Waals surface area contributed by atoms with Gasteiger partial charge in [0.05, 0.1) is 12.0 Å². The first kappa shape index (κ1) is 26.7. The van der Waals surface area contributed by atoms with Crippen LogP contribution < -0.4 is 4.74 Å². The molecule has 38 heavy (non-hydrogen) atoms. The maximum Gasteiger partial charge on any atom is 0.325 e. The second-order valence-corrected chi connectivity index (χ2v) is 11.5. The zero-order chi connectivity index (χ0) is 26.6. The quantitative estimate of drug-likeness (QED) is 0.546. The summed E-state index contributed by atoms with van der Waals surface area (Å²) in [7, 11) is 0. The Morgan fingerprint density at radius 1 is 1.03 bits per heavy atom. The molecule has 2 aromatic rings. The van der Waals surface area contributed by atoms with Crippen molar-refractivity contribution in [3.63, 3.8) is 0 Å². The van der Waals surface area contributed by atoms with Gasteiger partial charge in [-0.15, -0.1) is 0 Å². The smallest absolute Gasteiger partial charge is 0.325 e. The average Bonchev–Trinajstić information content (AvgIpc) is 3.39. The highest BCUT2D eigenvalue weighted by Gasteiger charge is 2.39. The van der Waals surface area contributed by atoms with Crippen molar-refractivity contribution in [3.05, 3.63) is 58.9 Å². The topological polar surface area (TPSA) is 83.0 Å². The molecule has 7 heteroatoms. The SMILES string of the molecule is CC(C)Oc1ccccc1[C@@H](C(=O)O)N1CC[C@@H](C(=O)N2CCC(Cc3ccc4c(n3)CCCC4)CC2)C1. The second-order valence-electron chi connectivity index (χ2n) is 11.5. The highest BCUT2D eigenvalue weighted by atomic mass is 16.5. The molecule has 2 atom stereocenters. The molecule has 1 N–H and O–H groups in total. The van der Waals surface area contributed by atoms with Crippen molar-refractivity contribution in [1.29, 1.82) is 0 Å². The maximum atomic E-state index is 13.4. The number of fused-ring (bicyclic) bond motifs is 1. The van der Waals surface area contributed by atoms with E-state index in [-0.39, 0.29) is 17.9 Å². The Bertz CT molecular complexity index is 1140. The zero-order valence-corrected chi connectivity index (χ0v) is 22.8. The molecule has 0 bridgehead atoms. The molecule has 0 saturated carbocycles. The Morgan fingerprint density at radius 2 is 1.79 bits per heavy atom. The van der Waals surface area contributed by atoms with Gasteiger partial charge in [-0.2, -0.15) is 0 Å². The van der Waals surface area contributed by atoms with Crippen LogP contribution in [-0.2, 0) is 28.9 Å². The van der Waals surface area contributed by atoms with E-state index in [9.17, 15) is 14.7 Å². The largest absolute Gasteiger partial charge is 0.491 e. The lowest BCUT2D eigenvalue weighted by Gasteiger charge is -2.34. The van der Waals surface area contributed by atoms with E-state index in [0.717, 1.165) is 45.2 Å². The Kier molecular flexibility index (Phi) is 8.32. The molecular weight excluding hydrogens is 478 g/mol. The lowest BCUT2D eigenvalue weighted by atomic mass is 9.90. The molecule has 3 aliphatic rings. The van der Waals surface area contributed by atoms with Crippen molar-refractivity contribution in [2.75, 3.05) is 26.2 Å². The Morgan fingerprint density at radius 3 is 2.55 bits per heavy atom. The van der Waals surface area contributed by atoms with Gasteiger partial charge >= 0.3 is 5.97 Å². The number of piperidine rings is 1. The molecule has 0 unspecified atom stereocenters. The van der Waals surface area contributed by atoms with Gasteiger partial charge in [0.1, 0.15) is 11.8 Å². The van der Waals surface area contributed by atoms with Crippen LogP contribution in [0.4, 0.5) is 0 Å². The van der Waals surface area contributed by atoms with Crippen LogP contribution in [-0.4, -0.2) is 64.0 Å². The number of ether oxygens (including phenoxy) is 1. The number of likely N-dealkylation sites (tertiary alicyclic amines) is 2. The molecule has 3 heterocycles. The summed E-state index contributed by atoms with van der Waals surface area (Å²) in [5.41, 5.74) is 4.57. The number of carbonyl (C=O) groups is 2. The summed E-state index contributed by atoms with van der Waals surface area (Å²) in [6.07, 6.45) is 8.41. The first-order valence-electron chi connectivity index (χ1n) is 14.4. The minimum Gasteiger partial charge on any atom is -0.491 e. The molecule has 7 nitrogen and oxygen atoms in total. The minimum absolute atomic E-state index is 0.0514. The van der Waals surface area contributed by atoms with Gasteiger partial charge in [0.25, 0.3) is 0 Å². The predicted octanol–water partition coefficient (Wildman–Crippen LogP) is 4.68. The standard InChI is InChI=1S/C31H41N3O4/c1-21(2)38-28-10-6-4-8-26(28)29(31(36)37)34-18-15-24(20-34)30(35)33-16-13-22(14-17-33)19-25-12-11-23-7-3-5-9-27(23)32-25/h4,6,8,10-12,21-22,24,29H,3,5,7,9,13-20H2,1-2H3,(H,36,37)/t24-,29+/m1/s1. The van der Waals surface area contributed by atoms with Gasteiger partial charge in [0.2, 0.25) is 5.91 Å². The van der Waals surface area contributed by atoms with E-state index in [0.29, 0.717) is 36.7 Å². The fraction of sp³-hybridized carbons (Fsp3) is 0.581. The maximum absolute atomic E-state index is 13.4. The van der Waals surface area contributed by atoms with E-state index in [1.807, 2.05) is 47.9 Å². The van der Waals surface area contributed by atoms with E-state index in [1.165, 1.54) is 29.8 Å². The lowest BCUT2D eigenvalue weighted by molar-refractivity contribution is -0.144. The number of pyridine rings is 1. The van der Waals surface area contributed by atoms with E-state index >= 15 is 0 Å². The minimum atomic E-state index is -0.908. The molecule has 1 aromatic heterocycles. The number of aliphatic carboxylic acids is 1. The van der Waals surface area contributed by atoms with Gasteiger partial charge in [0, 0.05) is 43.1 Å². The van der Waals surface area contributed by atoms with Crippen LogP contribution in [0.2, 0.25) is 0 Å². The fourth-order valence-corrected chi connectivity index (χ4v) is 6.43. The van der Waals surface area contributed by atoms with Crippen LogP contribution in [0.15, 0.2) is 36.4 Å². The molecule has 0 radical (unpaired) electrons. The Balaban J connectivity index is 1.16. The van der Waals surface area contributed by atoms with Crippen molar-refractivity contribution in [3.8, 4) is 5.75 Å². The van der Waals surface area contributed by atoms with Crippen molar-refractivity contribution in [1.82, 2.24) is 14.8 Å². The third kappa shape index (κ3) is 6.04. The number of carboxylic acid groups (broad SMARTS) is 1. The number of nitrogens with zero attached hydrogens (tertiary/aromatic N) is 3. The summed E-state index contributed by atoms with van der Waals surface area (Å²) in [5.74, 6) is 0.263. The van der Waals surface area contributed by atoms with Crippen molar-refractivity contribution < 1.29 is 19.4 Å². The first-order valence-corrected chi connectivity index (χ1v) is 14.4. The van der Waals surface area contributed by atoms with Crippen molar-refractivity contribution in [2.45, 2.75) is 77.4 Å². The molecule has 204 valence electrons. The van der Waals surface area contributed by atoms with E-state index in [2.05, 4.69) is 12.1 Å². The lowest BCUT2D eigenvalue weighted by Crippen LogP contribution is -2.43. The van der Waals surface area contributed by atoms with Crippen molar-refractivity contribution in [2.24, 2.45) is 11.8 Å². The van der Waals surface area contributed by atoms with Gasteiger partial charge in [-0.25, -0.2) is 0 Å². The summed E-state index contributed by atoms with van der Waals surface area (Å²) in [4.78, 5) is 34.7. The molecule has 5 rings (SSSR count). The predicted molar refractivity (Wildman–Crippen MR) is 146 cm³/mol. The molecule has 2 saturated heterocycles. The van der Waals surface area contributed by atoms with Crippen LogP contribution in [0.3, 0.4) is 0 Å². The van der Waals surface area contributed by atoms with Gasteiger partial charge < -0.3 is 14.7 Å². The third-order valence-corrected chi connectivity index (χ3v) is 8.40. The van der Waals surface area contributed by atoms with Crippen LogP contribution in [0.1, 0.15) is 74.5 Å². The molecule has 0 spiro atoms. The van der Waals surface area contributed by atoms with Gasteiger partial charge in [-0.1, -0.05) is 24.3 Å². The number of hydrogen-bond acceptors (Lipinski definition) is 5. The Hall–Kier alpha value is -2.93. The number of amides is 1. The number of benzene rings is 1. The van der Waals surface area contributed by atoms with Gasteiger partial charge in [-0.3, -0.25) is 19.5 Å². The number of aryl methyl sites for hydroxylation is 2. The summed E-state index contributed by atoms with van der Waals surface area (Å²) in [6.45, 7) is 6.47. The van der Waals surface area contributed by atoms with Crippen LogP contribution >= 0.6 is 0 Å². The molecule has 1 amide bonds. The number of carbonyl (C=O) groups excluding carboxylic acids is 1. The molecular formula is C31H41N3O4. The summed E-state index contributed by atoms with van der Waals surface area (Å²) in [6, 6.07) is 11.0. The highest BCUT2D eigenvalue weighted by molar-refractivity contribution is 5.80. The summed E-state index contributed by atoms with van der Waals surface area (Å²) < 4.78 is 5.92.